The molecule has 1 aromatic carbocycles. The number of urea groups is 1. The van der Waals surface area contributed by atoms with Gasteiger partial charge in [0.25, 0.3) is 5.91 Å². The van der Waals surface area contributed by atoms with E-state index in [2.05, 4.69) is 15.5 Å². The van der Waals surface area contributed by atoms with E-state index < -0.39 is 6.03 Å². The molecular weight excluding hydrogens is 461 g/mol. The molecule has 0 saturated carbocycles. The smallest absolute Gasteiger partial charge is 0.316 e. The molecule has 0 radical (unpaired) electrons. The highest BCUT2D eigenvalue weighted by atomic mass is 32.1. The van der Waals surface area contributed by atoms with Gasteiger partial charge in [0.15, 0.2) is 0 Å². The number of anilines is 1. The van der Waals surface area contributed by atoms with Gasteiger partial charge in [0.05, 0.1) is 32.1 Å². The van der Waals surface area contributed by atoms with E-state index in [0.29, 0.717) is 60.5 Å². The summed E-state index contributed by atoms with van der Waals surface area (Å²) in [5, 5.41) is 5.58. The third-order valence-electron chi connectivity index (χ3n) is 5.33. The second kappa shape index (κ2) is 13.4. The lowest BCUT2D eigenvalue weighted by molar-refractivity contribution is 0.0371. The molecule has 1 unspecified atom stereocenters. The highest BCUT2D eigenvalue weighted by molar-refractivity contribution is 7.18. The van der Waals surface area contributed by atoms with Crippen molar-refractivity contribution in [3.63, 3.8) is 0 Å². The zero-order valence-corrected chi connectivity index (χ0v) is 19.9. The van der Waals surface area contributed by atoms with Gasteiger partial charge in [0.2, 0.25) is 0 Å². The molecule has 1 aliphatic rings. The van der Waals surface area contributed by atoms with Crippen LogP contribution in [0.4, 0.5) is 14.9 Å². The minimum atomic E-state index is -0.769. The van der Waals surface area contributed by atoms with Crippen LogP contribution in [0, 0.1) is 5.82 Å². The Kier molecular flexibility index (Phi) is 10.2. The van der Waals surface area contributed by atoms with Crippen molar-refractivity contribution in [3.05, 3.63) is 41.0 Å². The third kappa shape index (κ3) is 8.03. The number of hydrogen-bond donors (Lipinski definition) is 4. The standard InChI is InChI=1S/C23H32FN5O4S/c24-17-4-1-3-16(13-17)20-14-19(28-23(26)31)21(34-20)22(30)27-18-5-2-7-29(15-18)8-10-33-12-11-32-9-6-25/h1,3-4,13-14,18H,2,5-12,15,25H2,(H,27,30)(H3,26,28,31). The number of hydrogen-bond acceptors (Lipinski definition) is 7. The largest absolute Gasteiger partial charge is 0.378 e. The maximum Gasteiger partial charge on any atom is 0.316 e. The number of carbonyl (C=O) groups is 2. The molecule has 0 aliphatic carbocycles. The van der Waals surface area contributed by atoms with Crippen molar-refractivity contribution in [2.45, 2.75) is 18.9 Å². The Balaban J connectivity index is 1.57. The first-order valence-electron chi connectivity index (χ1n) is 11.3. The molecule has 1 saturated heterocycles. The topological polar surface area (TPSA) is 132 Å². The van der Waals surface area contributed by atoms with Crippen LogP contribution >= 0.6 is 11.3 Å². The van der Waals surface area contributed by atoms with E-state index >= 15 is 0 Å². The van der Waals surface area contributed by atoms with E-state index in [1.807, 2.05) is 0 Å². The van der Waals surface area contributed by atoms with E-state index in [1.165, 1.54) is 23.5 Å². The SMILES string of the molecule is NCCOCCOCCN1CCCC(NC(=O)c2sc(-c3cccc(F)c3)cc2NC(N)=O)C1. The molecule has 9 nitrogen and oxygen atoms in total. The quantitative estimate of drug-likeness (QED) is 0.335. The molecule has 3 amide bonds. The van der Waals surface area contributed by atoms with E-state index in [4.69, 9.17) is 20.9 Å². The molecule has 186 valence electrons. The van der Waals surface area contributed by atoms with E-state index in [9.17, 15) is 14.0 Å². The first-order chi connectivity index (χ1) is 16.5. The van der Waals surface area contributed by atoms with Crippen LogP contribution in [0.15, 0.2) is 30.3 Å². The highest BCUT2D eigenvalue weighted by Crippen LogP contribution is 2.35. The normalized spacial score (nSPS) is 16.4. The molecule has 1 atom stereocenters. The summed E-state index contributed by atoms with van der Waals surface area (Å²) in [6, 6.07) is 6.91. The number of benzene rings is 1. The van der Waals surface area contributed by atoms with Crippen LogP contribution in [0.3, 0.4) is 0 Å². The number of thiophene rings is 1. The molecule has 2 heterocycles. The molecule has 34 heavy (non-hydrogen) atoms. The molecule has 1 fully saturated rings. The molecule has 1 aliphatic heterocycles. The van der Waals surface area contributed by atoms with Gasteiger partial charge in [0.1, 0.15) is 10.7 Å². The summed E-state index contributed by atoms with van der Waals surface area (Å²) in [6.07, 6.45) is 1.81. The highest BCUT2D eigenvalue weighted by Gasteiger charge is 2.25. The van der Waals surface area contributed by atoms with Crippen molar-refractivity contribution < 1.29 is 23.5 Å². The van der Waals surface area contributed by atoms with Gasteiger partial charge in [-0.3, -0.25) is 9.69 Å². The van der Waals surface area contributed by atoms with Gasteiger partial charge in [-0.2, -0.15) is 0 Å². The zero-order chi connectivity index (χ0) is 24.3. The summed E-state index contributed by atoms with van der Waals surface area (Å²) in [5.41, 5.74) is 11.6. The predicted molar refractivity (Wildman–Crippen MR) is 131 cm³/mol. The minimum absolute atomic E-state index is 0.0321. The van der Waals surface area contributed by atoms with Crippen LogP contribution in [0.1, 0.15) is 22.5 Å². The summed E-state index contributed by atoms with van der Waals surface area (Å²) in [6.45, 7) is 5.07. The monoisotopic (exact) mass is 493 g/mol. The van der Waals surface area contributed by atoms with Crippen molar-refractivity contribution in [1.82, 2.24) is 10.2 Å². The fraction of sp³-hybridized carbons (Fsp3) is 0.478. The van der Waals surface area contributed by atoms with Crippen molar-refractivity contribution in [1.29, 1.82) is 0 Å². The fourth-order valence-corrected chi connectivity index (χ4v) is 4.81. The zero-order valence-electron chi connectivity index (χ0n) is 19.1. The first kappa shape index (κ1) is 26.0. The molecule has 6 N–H and O–H groups in total. The van der Waals surface area contributed by atoms with Gasteiger partial charge in [-0.05, 0) is 43.1 Å². The molecule has 0 spiro atoms. The first-order valence-corrected chi connectivity index (χ1v) is 12.1. The lowest BCUT2D eigenvalue weighted by Gasteiger charge is -2.33. The van der Waals surface area contributed by atoms with Crippen molar-refractivity contribution >= 4 is 29.0 Å². The van der Waals surface area contributed by atoms with Crippen LogP contribution in [-0.2, 0) is 9.47 Å². The summed E-state index contributed by atoms with van der Waals surface area (Å²) in [4.78, 5) is 27.8. The maximum atomic E-state index is 13.7. The van der Waals surface area contributed by atoms with Crippen molar-refractivity contribution in [2.75, 3.05) is 57.9 Å². The van der Waals surface area contributed by atoms with E-state index in [-0.39, 0.29) is 17.8 Å². The Hall–Kier alpha value is -2.57. The number of amides is 3. The average Bonchev–Trinajstić information content (AvgIpc) is 3.22. The van der Waals surface area contributed by atoms with Crippen molar-refractivity contribution in [3.8, 4) is 10.4 Å². The van der Waals surface area contributed by atoms with E-state index in [0.717, 1.165) is 25.9 Å². The second-order valence-electron chi connectivity index (χ2n) is 7.98. The summed E-state index contributed by atoms with van der Waals surface area (Å²) in [7, 11) is 0. The molecular formula is C23H32FN5O4S. The maximum absolute atomic E-state index is 13.7. The lowest BCUT2D eigenvalue weighted by atomic mass is 10.1. The molecule has 11 heteroatoms. The minimum Gasteiger partial charge on any atom is -0.378 e. The Morgan fingerprint density at radius 1 is 1.18 bits per heavy atom. The number of nitrogens with one attached hydrogen (secondary N) is 2. The summed E-state index contributed by atoms with van der Waals surface area (Å²) in [5.74, 6) is -0.674. The predicted octanol–water partition coefficient (Wildman–Crippen LogP) is 2.23. The van der Waals surface area contributed by atoms with Gasteiger partial charge < -0.3 is 31.6 Å². The Morgan fingerprint density at radius 3 is 2.71 bits per heavy atom. The van der Waals surface area contributed by atoms with Gasteiger partial charge >= 0.3 is 6.03 Å². The molecule has 0 bridgehead atoms. The number of rotatable bonds is 12. The van der Waals surface area contributed by atoms with E-state index in [1.54, 1.807) is 18.2 Å². The number of primary amides is 1. The third-order valence-corrected chi connectivity index (χ3v) is 6.51. The second-order valence-corrected chi connectivity index (χ2v) is 9.03. The van der Waals surface area contributed by atoms with Gasteiger partial charge in [-0.15, -0.1) is 11.3 Å². The number of nitrogens with zero attached hydrogens (tertiary/aromatic N) is 1. The van der Waals surface area contributed by atoms with Gasteiger partial charge in [0, 0.05) is 30.6 Å². The van der Waals surface area contributed by atoms with Crippen LogP contribution < -0.4 is 22.1 Å². The van der Waals surface area contributed by atoms with Crippen molar-refractivity contribution in [2.24, 2.45) is 11.5 Å². The average molecular weight is 494 g/mol. The number of piperidine rings is 1. The number of carbonyl (C=O) groups excluding carboxylic acids is 2. The number of halogens is 1. The Morgan fingerprint density at radius 2 is 1.97 bits per heavy atom. The van der Waals surface area contributed by atoms with Gasteiger partial charge in [-0.1, -0.05) is 12.1 Å². The Bertz CT molecular complexity index is 957. The number of likely N-dealkylation sites (tertiary alicyclic amines) is 1. The number of ether oxygens (including phenoxy) is 2. The van der Waals surface area contributed by atoms with Crippen LogP contribution in [0.5, 0.6) is 0 Å². The molecule has 1 aromatic heterocycles. The molecule has 3 rings (SSSR count). The summed E-state index contributed by atoms with van der Waals surface area (Å²) < 4.78 is 24.6. The number of nitrogens with two attached hydrogens (primary N) is 2. The van der Waals surface area contributed by atoms with Gasteiger partial charge in [-0.25, -0.2) is 9.18 Å². The fourth-order valence-electron chi connectivity index (χ4n) is 3.80. The van der Waals surface area contributed by atoms with Crippen LogP contribution in [0.25, 0.3) is 10.4 Å². The lowest BCUT2D eigenvalue weighted by Crippen LogP contribution is -2.48. The molecule has 2 aromatic rings. The van der Waals surface area contributed by atoms with Crippen LogP contribution in [-0.4, -0.2) is 75.5 Å². The Labute approximate surface area is 202 Å². The van der Waals surface area contributed by atoms with Crippen LogP contribution in [0.2, 0.25) is 0 Å². The summed E-state index contributed by atoms with van der Waals surface area (Å²) >= 11 is 1.18.